The van der Waals surface area contributed by atoms with Gasteiger partial charge in [-0.2, -0.15) is 0 Å². The molecule has 0 aliphatic rings. The lowest BCUT2D eigenvalue weighted by Crippen LogP contribution is -2.26. The summed E-state index contributed by atoms with van der Waals surface area (Å²) in [6.07, 6.45) is 3.08. The molecule has 2 atom stereocenters. The molecule has 5 nitrogen and oxygen atoms in total. The standard InChI is InChI=1S/C14H22O5/c1-5-11(4)17-9-8-12(19-14(16)7-3)10-18-13(15)6-2/h6-7,11-12H,2-3,5,8-10H2,1,4H3. The lowest BCUT2D eigenvalue weighted by Gasteiger charge is -2.18. The molecule has 19 heavy (non-hydrogen) atoms. The molecule has 0 fully saturated rings. The zero-order valence-corrected chi connectivity index (χ0v) is 11.6. The molecule has 0 amide bonds. The maximum Gasteiger partial charge on any atom is 0.330 e. The summed E-state index contributed by atoms with van der Waals surface area (Å²) in [6.45, 7) is 11.0. The molecule has 0 aromatic carbocycles. The number of ether oxygens (including phenoxy) is 3. The summed E-state index contributed by atoms with van der Waals surface area (Å²) in [5, 5.41) is 0. The average molecular weight is 270 g/mol. The van der Waals surface area contributed by atoms with Gasteiger partial charge in [0.15, 0.2) is 0 Å². The summed E-state index contributed by atoms with van der Waals surface area (Å²) >= 11 is 0. The minimum atomic E-state index is -0.553. The predicted octanol–water partition coefficient (Wildman–Crippen LogP) is 2.02. The zero-order chi connectivity index (χ0) is 14.7. The molecule has 0 aliphatic carbocycles. The summed E-state index contributed by atoms with van der Waals surface area (Å²) in [5.74, 6) is -1.11. The van der Waals surface area contributed by atoms with Crippen molar-refractivity contribution < 1.29 is 23.8 Å². The van der Waals surface area contributed by atoms with Crippen molar-refractivity contribution in [2.45, 2.75) is 38.9 Å². The van der Waals surface area contributed by atoms with Gasteiger partial charge in [-0.15, -0.1) is 0 Å². The molecular weight excluding hydrogens is 248 g/mol. The van der Waals surface area contributed by atoms with Crippen LogP contribution in [0, 0.1) is 0 Å². The van der Waals surface area contributed by atoms with E-state index >= 15 is 0 Å². The summed E-state index contributed by atoms with van der Waals surface area (Å²) < 4.78 is 15.4. The van der Waals surface area contributed by atoms with Crippen molar-refractivity contribution in [1.82, 2.24) is 0 Å². The van der Waals surface area contributed by atoms with Crippen molar-refractivity contribution in [2.75, 3.05) is 13.2 Å². The van der Waals surface area contributed by atoms with E-state index in [-0.39, 0.29) is 12.7 Å². The van der Waals surface area contributed by atoms with Gasteiger partial charge in [-0.25, -0.2) is 9.59 Å². The Bertz CT molecular complexity index is 311. The molecule has 0 spiro atoms. The first kappa shape index (κ1) is 17.4. The van der Waals surface area contributed by atoms with E-state index in [2.05, 4.69) is 13.2 Å². The van der Waals surface area contributed by atoms with Crippen LogP contribution in [0.5, 0.6) is 0 Å². The van der Waals surface area contributed by atoms with Gasteiger partial charge in [0.1, 0.15) is 12.7 Å². The van der Waals surface area contributed by atoms with E-state index in [4.69, 9.17) is 14.2 Å². The van der Waals surface area contributed by atoms with Crippen molar-refractivity contribution in [3.63, 3.8) is 0 Å². The molecule has 2 unspecified atom stereocenters. The molecule has 108 valence electrons. The fourth-order valence-corrected chi connectivity index (χ4v) is 1.14. The molecular formula is C14H22O5. The Morgan fingerprint density at radius 2 is 1.84 bits per heavy atom. The molecule has 0 saturated carbocycles. The van der Waals surface area contributed by atoms with Gasteiger partial charge < -0.3 is 14.2 Å². The van der Waals surface area contributed by atoms with Gasteiger partial charge in [-0.1, -0.05) is 20.1 Å². The molecule has 5 heteroatoms. The van der Waals surface area contributed by atoms with Crippen LogP contribution >= 0.6 is 0 Å². The molecule has 0 rings (SSSR count). The summed E-state index contributed by atoms with van der Waals surface area (Å²) in [4.78, 5) is 22.1. The molecule has 0 saturated heterocycles. The Kier molecular flexibility index (Phi) is 9.44. The molecule has 0 aliphatic heterocycles. The topological polar surface area (TPSA) is 61.8 Å². The maximum atomic E-state index is 11.1. The first-order valence-corrected chi connectivity index (χ1v) is 6.27. The first-order chi connectivity index (χ1) is 9.03. The van der Waals surface area contributed by atoms with Crippen LogP contribution in [0.2, 0.25) is 0 Å². The molecule has 0 radical (unpaired) electrons. The van der Waals surface area contributed by atoms with E-state index in [9.17, 15) is 9.59 Å². The normalized spacial score (nSPS) is 13.2. The second-order valence-corrected chi connectivity index (χ2v) is 3.98. The number of hydrogen-bond acceptors (Lipinski definition) is 5. The van der Waals surface area contributed by atoms with Crippen molar-refractivity contribution in [1.29, 1.82) is 0 Å². The lowest BCUT2D eigenvalue weighted by molar-refractivity contribution is -0.154. The van der Waals surface area contributed by atoms with Crippen molar-refractivity contribution >= 4 is 11.9 Å². The Morgan fingerprint density at radius 3 is 2.37 bits per heavy atom. The number of carbonyl (C=O) groups excluding carboxylic acids is 2. The van der Waals surface area contributed by atoms with E-state index in [1.807, 2.05) is 13.8 Å². The number of hydrogen-bond donors (Lipinski definition) is 0. The van der Waals surface area contributed by atoms with Crippen LogP contribution in [0.4, 0.5) is 0 Å². The molecule has 0 aromatic rings. The van der Waals surface area contributed by atoms with E-state index in [1.54, 1.807) is 0 Å². The predicted molar refractivity (Wildman–Crippen MR) is 71.6 cm³/mol. The van der Waals surface area contributed by atoms with Crippen LogP contribution in [0.3, 0.4) is 0 Å². The Balaban J connectivity index is 4.16. The van der Waals surface area contributed by atoms with Gasteiger partial charge in [0.05, 0.1) is 12.7 Å². The highest BCUT2D eigenvalue weighted by Crippen LogP contribution is 2.05. The van der Waals surface area contributed by atoms with Gasteiger partial charge in [0.25, 0.3) is 0 Å². The van der Waals surface area contributed by atoms with Crippen molar-refractivity contribution in [3.8, 4) is 0 Å². The molecule has 0 N–H and O–H groups in total. The molecule has 0 aromatic heterocycles. The van der Waals surface area contributed by atoms with Crippen LogP contribution in [0.1, 0.15) is 26.7 Å². The second-order valence-electron chi connectivity index (χ2n) is 3.98. The van der Waals surface area contributed by atoms with Crippen LogP contribution in [-0.2, 0) is 23.8 Å². The lowest BCUT2D eigenvalue weighted by atomic mass is 10.2. The fourth-order valence-electron chi connectivity index (χ4n) is 1.14. The Morgan fingerprint density at radius 1 is 1.21 bits per heavy atom. The SMILES string of the molecule is C=CC(=O)OCC(CCOC(C)CC)OC(=O)C=C. The average Bonchev–Trinajstić information content (AvgIpc) is 2.43. The zero-order valence-electron chi connectivity index (χ0n) is 11.6. The summed E-state index contributed by atoms with van der Waals surface area (Å²) in [7, 11) is 0. The van der Waals surface area contributed by atoms with E-state index in [0.717, 1.165) is 18.6 Å². The molecule has 0 heterocycles. The monoisotopic (exact) mass is 270 g/mol. The van der Waals surface area contributed by atoms with Crippen LogP contribution < -0.4 is 0 Å². The highest BCUT2D eigenvalue weighted by Gasteiger charge is 2.15. The van der Waals surface area contributed by atoms with Gasteiger partial charge in [-0.05, 0) is 13.3 Å². The summed E-state index contributed by atoms with van der Waals surface area (Å²) in [5.41, 5.74) is 0. The Hall–Kier alpha value is -1.62. The van der Waals surface area contributed by atoms with Crippen LogP contribution in [0.25, 0.3) is 0 Å². The van der Waals surface area contributed by atoms with Crippen LogP contribution in [-0.4, -0.2) is 37.4 Å². The minimum Gasteiger partial charge on any atom is -0.459 e. The third-order valence-electron chi connectivity index (χ3n) is 2.44. The summed E-state index contributed by atoms with van der Waals surface area (Å²) in [6, 6.07) is 0. The third-order valence-corrected chi connectivity index (χ3v) is 2.44. The third kappa shape index (κ3) is 9.02. The highest BCUT2D eigenvalue weighted by molar-refractivity contribution is 5.82. The van der Waals surface area contributed by atoms with Gasteiger partial charge in [-0.3, -0.25) is 0 Å². The van der Waals surface area contributed by atoms with E-state index < -0.39 is 18.0 Å². The van der Waals surface area contributed by atoms with Crippen molar-refractivity contribution in [2.24, 2.45) is 0 Å². The Labute approximate surface area is 114 Å². The van der Waals surface area contributed by atoms with Crippen molar-refractivity contribution in [3.05, 3.63) is 25.3 Å². The second kappa shape index (κ2) is 10.3. The van der Waals surface area contributed by atoms with Gasteiger partial charge >= 0.3 is 11.9 Å². The fraction of sp³-hybridized carbons (Fsp3) is 0.571. The largest absolute Gasteiger partial charge is 0.459 e. The quantitative estimate of drug-likeness (QED) is 0.449. The first-order valence-electron chi connectivity index (χ1n) is 6.27. The van der Waals surface area contributed by atoms with Gasteiger partial charge in [0, 0.05) is 18.6 Å². The van der Waals surface area contributed by atoms with E-state index in [0.29, 0.717) is 13.0 Å². The van der Waals surface area contributed by atoms with E-state index in [1.165, 1.54) is 0 Å². The number of carbonyl (C=O) groups is 2. The minimum absolute atomic E-state index is 0.0195. The maximum absolute atomic E-state index is 11.1. The van der Waals surface area contributed by atoms with Crippen LogP contribution in [0.15, 0.2) is 25.3 Å². The van der Waals surface area contributed by atoms with Gasteiger partial charge in [0.2, 0.25) is 0 Å². The molecule has 0 bridgehead atoms. The number of esters is 2. The highest BCUT2D eigenvalue weighted by atomic mass is 16.6. The smallest absolute Gasteiger partial charge is 0.330 e. The number of rotatable bonds is 10.